The molecule has 3 heteroatoms. The van der Waals surface area contributed by atoms with Gasteiger partial charge in [-0.1, -0.05) is 23.8 Å². The highest BCUT2D eigenvalue weighted by Crippen LogP contribution is 2.30. The minimum atomic E-state index is 0.536. The predicted molar refractivity (Wildman–Crippen MR) is 77.0 cm³/mol. The monoisotopic (exact) mass is 246 g/mol. The van der Waals surface area contributed by atoms with E-state index < -0.39 is 0 Å². The van der Waals surface area contributed by atoms with E-state index in [0.29, 0.717) is 5.69 Å². The molecule has 2 nitrogen and oxygen atoms in total. The van der Waals surface area contributed by atoms with Crippen molar-refractivity contribution in [1.82, 2.24) is 0 Å². The first-order valence-electron chi connectivity index (χ1n) is 6.35. The number of benzene rings is 2. The third-order valence-electron chi connectivity index (χ3n) is 3.32. The molecule has 0 aliphatic carbocycles. The van der Waals surface area contributed by atoms with Crippen molar-refractivity contribution >= 4 is 22.1 Å². The number of hydrogen-bond donors (Lipinski definition) is 1. The molecular formula is C15H19FN2. The van der Waals surface area contributed by atoms with Gasteiger partial charge in [-0.25, -0.2) is 5.54 Å². The van der Waals surface area contributed by atoms with Gasteiger partial charge < -0.3 is 4.90 Å². The number of nitrogens with one attached hydrogen (secondary N) is 1. The van der Waals surface area contributed by atoms with Crippen LogP contribution in [0.25, 0.3) is 10.8 Å². The summed E-state index contributed by atoms with van der Waals surface area (Å²) in [7, 11) is 0. The van der Waals surface area contributed by atoms with E-state index >= 15 is 0 Å². The summed E-state index contributed by atoms with van der Waals surface area (Å²) in [6.45, 7) is 8.09. The van der Waals surface area contributed by atoms with Crippen LogP contribution in [0.4, 0.5) is 15.9 Å². The lowest BCUT2D eigenvalue weighted by molar-refractivity contribution is 0.619. The van der Waals surface area contributed by atoms with Gasteiger partial charge in [-0.05, 0) is 38.3 Å². The number of nitrogens with zero attached hydrogens (tertiary/aromatic N) is 1. The fourth-order valence-corrected chi connectivity index (χ4v) is 2.32. The lowest BCUT2D eigenvalue weighted by atomic mass is 10.0. The zero-order valence-corrected chi connectivity index (χ0v) is 11.1. The summed E-state index contributed by atoms with van der Waals surface area (Å²) in [5, 5.41) is 1.98. The summed E-state index contributed by atoms with van der Waals surface area (Å²) in [6, 6.07) is 10.0. The number of anilines is 2. The number of fused-ring (bicyclic) bond motifs is 1. The molecule has 0 radical (unpaired) electrons. The van der Waals surface area contributed by atoms with Crippen LogP contribution in [0.5, 0.6) is 0 Å². The number of aryl methyl sites for hydroxylation is 1. The van der Waals surface area contributed by atoms with E-state index in [1.165, 1.54) is 5.56 Å². The van der Waals surface area contributed by atoms with Crippen molar-refractivity contribution < 1.29 is 4.48 Å². The summed E-state index contributed by atoms with van der Waals surface area (Å²) in [5.41, 5.74) is 4.58. The maximum absolute atomic E-state index is 12.9. The molecule has 2 rings (SSSR count). The van der Waals surface area contributed by atoms with Crippen molar-refractivity contribution in [2.24, 2.45) is 0 Å². The van der Waals surface area contributed by atoms with Gasteiger partial charge in [0.15, 0.2) is 0 Å². The molecule has 0 saturated carbocycles. The van der Waals surface area contributed by atoms with Gasteiger partial charge >= 0.3 is 0 Å². The topological polar surface area (TPSA) is 15.3 Å². The van der Waals surface area contributed by atoms with Crippen LogP contribution in [0.15, 0.2) is 30.3 Å². The molecule has 0 aliphatic heterocycles. The first-order chi connectivity index (χ1) is 8.69. The van der Waals surface area contributed by atoms with Crippen LogP contribution >= 0.6 is 0 Å². The first-order valence-corrected chi connectivity index (χ1v) is 6.35. The van der Waals surface area contributed by atoms with Crippen molar-refractivity contribution in [2.75, 3.05) is 23.5 Å². The van der Waals surface area contributed by atoms with Gasteiger partial charge in [0.2, 0.25) is 0 Å². The Kier molecular flexibility index (Phi) is 3.70. The van der Waals surface area contributed by atoms with Crippen molar-refractivity contribution in [1.29, 1.82) is 0 Å². The molecule has 0 spiro atoms. The summed E-state index contributed by atoms with van der Waals surface area (Å²) in [4.78, 5) is 2.21. The van der Waals surface area contributed by atoms with Crippen LogP contribution in [0.1, 0.15) is 19.4 Å². The Labute approximate surface area is 107 Å². The highest BCUT2D eigenvalue weighted by Gasteiger charge is 2.08. The van der Waals surface area contributed by atoms with Crippen molar-refractivity contribution in [3.8, 4) is 0 Å². The Balaban J connectivity index is 2.63. The molecular weight excluding hydrogens is 227 g/mol. The molecule has 0 saturated heterocycles. The van der Waals surface area contributed by atoms with E-state index in [2.05, 4.69) is 30.9 Å². The quantitative estimate of drug-likeness (QED) is 0.809. The fraction of sp³-hybridized carbons (Fsp3) is 0.333. The van der Waals surface area contributed by atoms with Gasteiger partial charge in [0.25, 0.3) is 0 Å². The van der Waals surface area contributed by atoms with Crippen LogP contribution < -0.4 is 10.4 Å². The minimum Gasteiger partial charge on any atom is -0.372 e. The largest absolute Gasteiger partial charge is 0.372 e. The molecule has 0 unspecified atom stereocenters. The number of rotatable bonds is 4. The standard InChI is InChI=1S/C15H19FN2/c1-4-18(5-2)13-9-12-8-11(3)6-7-14(12)15(10-13)17-16/h6-10,17H,4-5H2,1-3H3. The van der Waals surface area contributed by atoms with Crippen LogP contribution in [-0.2, 0) is 0 Å². The lowest BCUT2D eigenvalue weighted by Crippen LogP contribution is -2.21. The molecule has 2 aromatic carbocycles. The van der Waals surface area contributed by atoms with E-state index in [9.17, 15) is 4.48 Å². The number of hydrogen-bond acceptors (Lipinski definition) is 2. The second kappa shape index (κ2) is 5.25. The van der Waals surface area contributed by atoms with Crippen LogP contribution in [-0.4, -0.2) is 13.1 Å². The SMILES string of the molecule is CCN(CC)c1cc(NF)c2ccc(C)cc2c1. The van der Waals surface area contributed by atoms with Gasteiger partial charge in [0.05, 0.1) is 5.69 Å². The molecule has 0 aliphatic rings. The fourth-order valence-electron chi connectivity index (χ4n) is 2.32. The molecule has 18 heavy (non-hydrogen) atoms. The van der Waals surface area contributed by atoms with E-state index in [4.69, 9.17) is 0 Å². The summed E-state index contributed by atoms with van der Waals surface area (Å²) < 4.78 is 12.9. The Bertz CT molecular complexity index is 547. The summed E-state index contributed by atoms with van der Waals surface area (Å²) in [5.74, 6) is 0. The normalized spacial score (nSPS) is 10.7. The molecule has 0 heterocycles. The number of halogens is 1. The highest BCUT2D eigenvalue weighted by atomic mass is 19.2. The third kappa shape index (κ3) is 2.26. The molecule has 0 amide bonds. The van der Waals surface area contributed by atoms with Crippen molar-refractivity contribution in [2.45, 2.75) is 20.8 Å². The average molecular weight is 246 g/mol. The minimum absolute atomic E-state index is 0.536. The van der Waals surface area contributed by atoms with Gasteiger partial charge in [-0.15, -0.1) is 4.48 Å². The maximum Gasteiger partial charge on any atom is 0.0754 e. The summed E-state index contributed by atoms with van der Waals surface area (Å²) in [6.07, 6.45) is 0. The van der Waals surface area contributed by atoms with Gasteiger partial charge in [-0.3, -0.25) is 0 Å². The zero-order valence-electron chi connectivity index (χ0n) is 11.1. The van der Waals surface area contributed by atoms with E-state index in [1.54, 1.807) is 5.54 Å². The third-order valence-corrected chi connectivity index (χ3v) is 3.32. The molecule has 1 N–H and O–H groups in total. The van der Waals surface area contributed by atoms with E-state index in [1.807, 2.05) is 25.1 Å². The second-order valence-electron chi connectivity index (χ2n) is 4.48. The van der Waals surface area contributed by atoms with Crippen molar-refractivity contribution in [3.05, 3.63) is 35.9 Å². The zero-order chi connectivity index (χ0) is 13.1. The Morgan fingerprint density at radius 2 is 1.83 bits per heavy atom. The van der Waals surface area contributed by atoms with Gasteiger partial charge in [-0.2, -0.15) is 0 Å². The molecule has 0 aromatic heterocycles. The second-order valence-corrected chi connectivity index (χ2v) is 4.48. The smallest absolute Gasteiger partial charge is 0.0754 e. The molecule has 96 valence electrons. The van der Waals surface area contributed by atoms with Crippen LogP contribution in [0, 0.1) is 6.92 Å². The maximum atomic E-state index is 12.9. The van der Waals surface area contributed by atoms with E-state index in [-0.39, 0.29) is 0 Å². The molecule has 2 aromatic rings. The van der Waals surface area contributed by atoms with Crippen LogP contribution in [0.2, 0.25) is 0 Å². The molecule has 0 atom stereocenters. The average Bonchev–Trinajstić information content (AvgIpc) is 2.38. The predicted octanol–water partition coefficient (Wildman–Crippen LogP) is 4.29. The van der Waals surface area contributed by atoms with Gasteiger partial charge in [0.1, 0.15) is 0 Å². The molecule has 0 bridgehead atoms. The first kappa shape index (κ1) is 12.7. The Hall–Kier alpha value is -1.77. The lowest BCUT2D eigenvalue weighted by Gasteiger charge is -2.22. The van der Waals surface area contributed by atoms with Gasteiger partial charge in [0, 0.05) is 24.2 Å². The molecule has 0 fully saturated rings. The Morgan fingerprint density at radius 1 is 1.11 bits per heavy atom. The van der Waals surface area contributed by atoms with Crippen molar-refractivity contribution in [3.63, 3.8) is 0 Å². The van der Waals surface area contributed by atoms with Crippen LogP contribution in [0.3, 0.4) is 0 Å². The Morgan fingerprint density at radius 3 is 2.44 bits per heavy atom. The highest BCUT2D eigenvalue weighted by molar-refractivity contribution is 5.97. The van der Waals surface area contributed by atoms with E-state index in [0.717, 1.165) is 29.5 Å². The summed E-state index contributed by atoms with van der Waals surface area (Å²) >= 11 is 0.